The van der Waals surface area contributed by atoms with Gasteiger partial charge in [-0.15, -0.1) is 0 Å². The predicted octanol–water partition coefficient (Wildman–Crippen LogP) is 3.01. The normalized spacial score (nSPS) is 11.3. The standard InChI is InChI=1S/C13H12F3N3O2/c1-19(2)11-9(10(21-18-11)13(14,15)16)17-12(20)8-6-4-3-5-7-8/h3-7H,1-2H3,(H,17,20). The van der Waals surface area contributed by atoms with Gasteiger partial charge in [0, 0.05) is 19.7 Å². The van der Waals surface area contributed by atoms with Gasteiger partial charge in [0.25, 0.3) is 11.7 Å². The summed E-state index contributed by atoms with van der Waals surface area (Å²) in [6.07, 6.45) is -4.75. The molecule has 5 nitrogen and oxygen atoms in total. The average Bonchev–Trinajstić information content (AvgIpc) is 2.83. The molecule has 21 heavy (non-hydrogen) atoms. The van der Waals surface area contributed by atoms with Gasteiger partial charge in [0.15, 0.2) is 5.82 Å². The summed E-state index contributed by atoms with van der Waals surface area (Å²) in [5, 5.41) is 5.55. The maximum atomic E-state index is 12.9. The number of anilines is 2. The minimum Gasteiger partial charge on any atom is -0.358 e. The fourth-order valence-corrected chi connectivity index (χ4v) is 1.67. The van der Waals surface area contributed by atoms with Gasteiger partial charge in [0.2, 0.25) is 0 Å². The molecule has 0 bridgehead atoms. The van der Waals surface area contributed by atoms with Crippen LogP contribution in [0.4, 0.5) is 24.7 Å². The van der Waals surface area contributed by atoms with Crippen molar-refractivity contribution in [2.45, 2.75) is 6.18 Å². The van der Waals surface area contributed by atoms with Crippen LogP contribution in [0.15, 0.2) is 34.9 Å². The van der Waals surface area contributed by atoms with Crippen LogP contribution in [0.3, 0.4) is 0 Å². The van der Waals surface area contributed by atoms with Crippen molar-refractivity contribution in [3.63, 3.8) is 0 Å². The molecule has 0 aliphatic rings. The van der Waals surface area contributed by atoms with Crippen LogP contribution in [-0.4, -0.2) is 25.2 Å². The van der Waals surface area contributed by atoms with E-state index in [9.17, 15) is 18.0 Å². The van der Waals surface area contributed by atoms with Crippen LogP contribution in [-0.2, 0) is 6.18 Å². The molecule has 1 aromatic heterocycles. The third-order valence-electron chi connectivity index (χ3n) is 2.63. The summed E-state index contributed by atoms with van der Waals surface area (Å²) in [4.78, 5) is 13.3. The number of halogens is 3. The third kappa shape index (κ3) is 3.15. The van der Waals surface area contributed by atoms with Crippen molar-refractivity contribution in [2.75, 3.05) is 24.3 Å². The van der Waals surface area contributed by atoms with Gasteiger partial charge in [-0.1, -0.05) is 23.4 Å². The van der Waals surface area contributed by atoms with E-state index < -0.39 is 23.5 Å². The van der Waals surface area contributed by atoms with Gasteiger partial charge >= 0.3 is 6.18 Å². The maximum absolute atomic E-state index is 12.9. The minimum absolute atomic E-state index is 0.105. The highest BCUT2D eigenvalue weighted by Crippen LogP contribution is 2.39. The topological polar surface area (TPSA) is 58.4 Å². The van der Waals surface area contributed by atoms with Crippen LogP contribution in [0, 0.1) is 0 Å². The Kier molecular flexibility index (Phi) is 3.88. The second-order valence-corrected chi connectivity index (χ2v) is 4.42. The van der Waals surface area contributed by atoms with E-state index in [2.05, 4.69) is 15.0 Å². The minimum atomic E-state index is -4.75. The Labute approximate surface area is 118 Å². The molecule has 0 fully saturated rings. The number of carbonyl (C=O) groups is 1. The molecule has 1 heterocycles. The Hall–Kier alpha value is -2.51. The number of aromatic nitrogens is 1. The van der Waals surface area contributed by atoms with Crippen molar-refractivity contribution in [2.24, 2.45) is 0 Å². The molecular weight excluding hydrogens is 287 g/mol. The number of hydrogen-bond donors (Lipinski definition) is 1. The van der Waals surface area contributed by atoms with Gasteiger partial charge in [-0.3, -0.25) is 4.79 Å². The lowest BCUT2D eigenvalue weighted by Crippen LogP contribution is -2.18. The Morgan fingerprint density at radius 3 is 2.38 bits per heavy atom. The predicted molar refractivity (Wildman–Crippen MR) is 70.2 cm³/mol. The molecular formula is C13H12F3N3O2. The number of alkyl halides is 3. The fourth-order valence-electron chi connectivity index (χ4n) is 1.67. The number of carbonyl (C=O) groups excluding carboxylic acids is 1. The maximum Gasteiger partial charge on any atom is 0.454 e. The van der Waals surface area contributed by atoms with Crippen LogP contribution in [0.1, 0.15) is 16.1 Å². The number of benzene rings is 1. The number of nitrogens with zero attached hydrogens (tertiary/aromatic N) is 2. The smallest absolute Gasteiger partial charge is 0.358 e. The van der Waals surface area contributed by atoms with E-state index in [0.29, 0.717) is 0 Å². The lowest BCUT2D eigenvalue weighted by atomic mass is 10.2. The first-order valence-electron chi connectivity index (χ1n) is 5.91. The van der Waals surface area contributed by atoms with Crippen LogP contribution < -0.4 is 10.2 Å². The molecule has 2 aromatic rings. The van der Waals surface area contributed by atoms with Crippen molar-refractivity contribution in [1.82, 2.24) is 5.16 Å². The first kappa shape index (κ1) is 14.9. The van der Waals surface area contributed by atoms with Crippen molar-refractivity contribution < 1.29 is 22.5 Å². The van der Waals surface area contributed by atoms with Crippen LogP contribution >= 0.6 is 0 Å². The van der Waals surface area contributed by atoms with Gasteiger partial charge in [-0.05, 0) is 12.1 Å². The van der Waals surface area contributed by atoms with Crippen molar-refractivity contribution in [1.29, 1.82) is 0 Å². The molecule has 1 amide bonds. The first-order valence-corrected chi connectivity index (χ1v) is 5.91. The Bertz CT molecular complexity index is 636. The van der Waals surface area contributed by atoms with Gasteiger partial charge in [0.05, 0.1) is 0 Å². The van der Waals surface area contributed by atoms with E-state index in [1.165, 1.54) is 31.1 Å². The molecule has 0 spiro atoms. The molecule has 2 rings (SSSR count). The monoisotopic (exact) mass is 299 g/mol. The lowest BCUT2D eigenvalue weighted by Gasteiger charge is -2.12. The summed E-state index contributed by atoms with van der Waals surface area (Å²) < 4.78 is 43.0. The zero-order valence-corrected chi connectivity index (χ0v) is 11.2. The first-order chi connectivity index (χ1) is 9.80. The SMILES string of the molecule is CN(C)c1noc(C(F)(F)F)c1NC(=O)c1ccccc1. The Morgan fingerprint density at radius 1 is 1.24 bits per heavy atom. The largest absolute Gasteiger partial charge is 0.454 e. The van der Waals surface area contributed by atoms with Gasteiger partial charge in [-0.2, -0.15) is 13.2 Å². The number of hydrogen-bond acceptors (Lipinski definition) is 4. The highest BCUT2D eigenvalue weighted by atomic mass is 19.4. The van der Waals surface area contributed by atoms with Gasteiger partial charge in [0.1, 0.15) is 5.69 Å². The zero-order valence-electron chi connectivity index (χ0n) is 11.2. The summed E-state index contributed by atoms with van der Waals surface area (Å²) in [5.74, 6) is -2.12. The van der Waals surface area contributed by atoms with E-state index in [4.69, 9.17) is 0 Å². The number of nitrogens with one attached hydrogen (secondary N) is 1. The van der Waals surface area contributed by atoms with Crippen LogP contribution in [0.25, 0.3) is 0 Å². The highest BCUT2D eigenvalue weighted by Gasteiger charge is 2.41. The summed E-state index contributed by atoms with van der Waals surface area (Å²) in [6.45, 7) is 0. The van der Waals surface area contributed by atoms with Gasteiger partial charge in [-0.25, -0.2) is 0 Å². The van der Waals surface area contributed by atoms with Crippen molar-refractivity contribution in [3.8, 4) is 0 Å². The lowest BCUT2D eigenvalue weighted by molar-refractivity contribution is -0.154. The molecule has 0 aliphatic heterocycles. The summed E-state index contributed by atoms with van der Waals surface area (Å²) in [6, 6.07) is 7.90. The second-order valence-electron chi connectivity index (χ2n) is 4.42. The summed E-state index contributed by atoms with van der Waals surface area (Å²) in [5.41, 5.74) is -0.266. The average molecular weight is 299 g/mol. The van der Waals surface area contributed by atoms with E-state index in [1.54, 1.807) is 18.2 Å². The van der Waals surface area contributed by atoms with Crippen LogP contribution in [0.2, 0.25) is 0 Å². The fraction of sp³-hybridized carbons (Fsp3) is 0.231. The van der Waals surface area contributed by atoms with E-state index in [1.807, 2.05) is 0 Å². The molecule has 1 aromatic carbocycles. The number of amides is 1. The van der Waals surface area contributed by atoms with Crippen molar-refractivity contribution >= 4 is 17.4 Å². The number of rotatable bonds is 3. The molecule has 0 saturated heterocycles. The molecule has 1 N–H and O–H groups in total. The molecule has 0 unspecified atom stereocenters. The van der Waals surface area contributed by atoms with E-state index >= 15 is 0 Å². The summed E-state index contributed by atoms with van der Waals surface area (Å²) in [7, 11) is 2.99. The van der Waals surface area contributed by atoms with Crippen molar-refractivity contribution in [3.05, 3.63) is 41.7 Å². The van der Waals surface area contributed by atoms with E-state index in [0.717, 1.165) is 0 Å². The molecule has 0 atom stereocenters. The van der Waals surface area contributed by atoms with Gasteiger partial charge < -0.3 is 14.7 Å². The second kappa shape index (κ2) is 5.47. The zero-order chi connectivity index (χ0) is 15.6. The Balaban J connectivity index is 2.38. The molecule has 112 valence electrons. The van der Waals surface area contributed by atoms with Crippen LogP contribution in [0.5, 0.6) is 0 Å². The molecule has 0 saturated carbocycles. The van der Waals surface area contributed by atoms with E-state index in [-0.39, 0.29) is 11.4 Å². The Morgan fingerprint density at radius 2 is 1.86 bits per heavy atom. The quantitative estimate of drug-likeness (QED) is 0.946. The molecule has 0 radical (unpaired) electrons. The molecule has 0 aliphatic carbocycles. The highest BCUT2D eigenvalue weighted by molar-refractivity contribution is 6.06. The summed E-state index contributed by atoms with van der Waals surface area (Å²) >= 11 is 0. The molecule has 8 heteroatoms. The third-order valence-corrected chi connectivity index (χ3v) is 2.63.